The van der Waals surface area contributed by atoms with Crippen molar-refractivity contribution in [2.45, 2.75) is 26.8 Å². The van der Waals surface area contributed by atoms with Gasteiger partial charge in [0.25, 0.3) is 0 Å². The number of nitrogens with one attached hydrogen (secondary N) is 2. The van der Waals surface area contributed by atoms with Gasteiger partial charge in [-0.15, -0.1) is 0 Å². The average molecular weight is 357 g/mol. The summed E-state index contributed by atoms with van der Waals surface area (Å²) in [4.78, 5) is 0. The Morgan fingerprint density at radius 1 is 1.27 bits per heavy atom. The molecule has 2 aromatic rings. The number of aromatic nitrogens is 2. The van der Waals surface area contributed by atoms with Crippen LogP contribution in [0.2, 0.25) is 10.0 Å². The van der Waals surface area contributed by atoms with E-state index >= 15 is 0 Å². The monoisotopic (exact) mass is 356 g/mol. The molecule has 7 heteroatoms. The number of thiocarbonyl (C=S) groups is 1. The Morgan fingerprint density at radius 3 is 2.73 bits per heavy atom. The fourth-order valence-corrected chi connectivity index (χ4v) is 2.52. The van der Waals surface area contributed by atoms with Crippen molar-refractivity contribution >= 4 is 46.2 Å². The normalized spacial score (nSPS) is 10.5. The molecule has 2 N–H and O–H groups in total. The summed E-state index contributed by atoms with van der Waals surface area (Å²) in [5.41, 5.74) is 2.88. The highest BCUT2D eigenvalue weighted by Gasteiger charge is 2.05. The Morgan fingerprint density at radius 2 is 2.05 bits per heavy atom. The Kier molecular flexibility index (Phi) is 6.06. The highest BCUT2D eigenvalue weighted by Crippen LogP contribution is 2.22. The topological polar surface area (TPSA) is 41.9 Å². The Balaban J connectivity index is 1.76. The van der Waals surface area contributed by atoms with E-state index in [1.54, 1.807) is 6.20 Å². The van der Waals surface area contributed by atoms with Crippen LogP contribution in [0.3, 0.4) is 0 Å². The van der Waals surface area contributed by atoms with E-state index in [0.717, 1.165) is 41.5 Å². The zero-order chi connectivity index (χ0) is 16.1. The summed E-state index contributed by atoms with van der Waals surface area (Å²) in [6.45, 7) is 5.46. The molecule has 0 aliphatic heterocycles. The molecule has 0 spiro atoms. The summed E-state index contributed by atoms with van der Waals surface area (Å²) in [7, 11) is 0. The molecule has 22 heavy (non-hydrogen) atoms. The van der Waals surface area contributed by atoms with Crippen LogP contribution in [0.25, 0.3) is 0 Å². The molecule has 0 radical (unpaired) electrons. The molecule has 0 unspecified atom stereocenters. The molecule has 0 aliphatic rings. The Labute approximate surface area is 145 Å². The molecule has 2 rings (SSSR count). The minimum atomic E-state index is 0.584. The minimum Gasteiger partial charge on any atom is -0.362 e. The zero-order valence-corrected chi connectivity index (χ0v) is 14.8. The number of hydrogen-bond donors (Lipinski definition) is 2. The van der Waals surface area contributed by atoms with Gasteiger partial charge in [-0.1, -0.05) is 29.3 Å². The predicted octanol–water partition coefficient (Wildman–Crippen LogP) is 4.18. The summed E-state index contributed by atoms with van der Waals surface area (Å²) in [6, 6.07) is 5.70. The number of aryl methyl sites for hydroxylation is 1. The fourth-order valence-electron chi connectivity index (χ4n) is 1.99. The van der Waals surface area contributed by atoms with Gasteiger partial charge in [0.2, 0.25) is 0 Å². The summed E-state index contributed by atoms with van der Waals surface area (Å²) in [5.74, 6) is 0. The first kappa shape index (κ1) is 17.1. The number of nitrogens with zero attached hydrogens (tertiary/aromatic N) is 2. The van der Waals surface area contributed by atoms with Gasteiger partial charge in [-0.2, -0.15) is 5.10 Å². The van der Waals surface area contributed by atoms with E-state index in [2.05, 4.69) is 15.7 Å². The third-order valence-electron chi connectivity index (χ3n) is 3.39. The summed E-state index contributed by atoms with van der Waals surface area (Å²) >= 11 is 17.3. The second kappa shape index (κ2) is 7.81. The van der Waals surface area contributed by atoms with Crippen molar-refractivity contribution in [3.8, 4) is 0 Å². The lowest BCUT2D eigenvalue weighted by atomic mass is 10.2. The van der Waals surface area contributed by atoms with Gasteiger partial charge in [-0.3, -0.25) is 4.68 Å². The molecule has 0 bridgehead atoms. The van der Waals surface area contributed by atoms with Crippen molar-refractivity contribution in [2.24, 2.45) is 0 Å². The third-order valence-corrected chi connectivity index (χ3v) is 4.42. The van der Waals surface area contributed by atoms with Gasteiger partial charge in [0.05, 0.1) is 16.9 Å². The maximum absolute atomic E-state index is 6.08. The molecule has 1 heterocycles. The van der Waals surface area contributed by atoms with Gasteiger partial charge < -0.3 is 10.6 Å². The lowest BCUT2D eigenvalue weighted by Gasteiger charge is -2.13. The van der Waals surface area contributed by atoms with Crippen LogP contribution in [0.4, 0.5) is 5.69 Å². The van der Waals surface area contributed by atoms with Crippen LogP contribution in [-0.2, 0) is 6.54 Å². The van der Waals surface area contributed by atoms with Crippen LogP contribution in [0.5, 0.6) is 0 Å². The number of rotatable bonds is 5. The van der Waals surface area contributed by atoms with Gasteiger partial charge in [-0.05, 0) is 50.2 Å². The van der Waals surface area contributed by atoms with Gasteiger partial charge in [-0.25, -0.2) is 0 Å². The molecule has 0 saturated heterocycles. The SMILES string of the molecule is Cc1c(Cl)cccc1NC(=S)NCCCn1ncc(Cl)c1C. The molecule has 0 aliphatic carbocycles. The maximum Gasteiger partial charge on any atom is 0.170 e. The number of hydrogen-bond acceptors (Lipinski definition) is 2. The van der Waals surface area contributed by atoms with E-state index in [-0.39, 0.29) is 0 Å². The molecular weight excluding hydrogens is 339 g/mol. The lowest BCUT2D eigenvalue weighted by molar-refractivity contribution is 0.561. The molecule has 0 atom stereocenters. The molecule has 0 fully saturated rings. The smallest absolute Gasteiger partial charge is 0.170 e. The van der Waals surface area contributed by atoms with Crippen LogP contribution in [0.15, 0.2) is 24.4 Å². The zero-order valence-electron chi connectivity index (χ0n) is 12.5. The lowest BCUT2D eigenvalue weighted by Crippen LogP contribution is -2.30. The summed E-state index contributed by atoms with van der Waals surface area (Å²) in [5, 5.41) is 12.6. The first-order valence-electron chi connectivity index (χ1n) is 6.97. The van der Waals surface area contributed by atoms with E-state index in [9.17, 15) is 0 Å². The van der Waals surface area contributed by atoms with Crippen LogP contribution in [0, 0.1) is 13.8 Å². The third kappa shape index (κ3) is 4.35. The molecule has 0 amide bonds. The van der Waals surface area contributed by atoms with Crippen molar-refractivity contribution in [1.82, 2.24) is 15.1 Å². The van der Waals surface area contributed by atoms with E-state index in [0.29, 0.717) is 10.1 Å². The van der Waals surface area contributed by atoms with Crippen LogP contribution in [0.1, 0.15) is 17.7 Å². The molecular formula is C15H18Cl2N4S. The van der Waals surface area contributed by atoms with E-state index in [4.69, 9.17) is 35.4 Å². The molecule has 4 nitrogen and oxygen atoms in total. The van der Waals surface area contributed by atoms with Crippen molar-refractivity contribution in [1.29, 1.82) is 0 Å². The summed E-state index contributed by atoms with van der Waals surface area (Å²) < 4.78 is 1.89. The fraction of sp³-hybridized carbons (Fsp3) is 0.333. The van der Waals surface area contributed by atoms with Gasteiger partial charge in [0, 0.05) is 23.8 Å². The Hall–Kier alpha value is -1.30. The van der Waals surface area contributed by atoms with E-state index < -0.39 is 0 Å². The first-order valence-corrected chi connectivity index (χ1v) is 8.13. The maximum atomic E-state index is 6.08. The largest absolute Gasteiger partial charge is 0.362 e. The van der Waals surface area contributed by atoms with Gasteiger partial charge >= 0.3 is 0 Å². The minimum absolute atomic E-state index is 0.584. The van der Waals surface area contributed by atoms with E-state index in [1.165, 1.54) is 0 Å². The van der Waals surface area contributed by atoms with Crippen LogP contribution < -0.4 is 10.6 Å². The second-order valence-electron chi connectivity index (χ2n) is 4.95. The number of benzene rings is 1. The molecule has 1 aromatic carbocycles. The second-order valence-corrected chi connectivity index (χ2v) is 6.17. The quantitative estimate of drug-likeness (QED) is 0.622. The van der Waals surface area contributed by atoms with Crippen molar-refractivity contribution in [3.63, 3.8) is 0 Å². The first-order chi connectivity index (χ1) is 10.5. The number of halogens is 2. The van der Waals surface area contributed by atoms with Crippen LogP contribution in [-0.4, -0.2) is 21.4 Å². The van der Waals surface area contributed by atoms with Gasteiger partial charge in [0.15, 0.2) is 5.11 Å². The highest BCUT2D eigenvalue weighted by molar-refractivity contribution is 7.80. The molecule has 1 aromatic heterocycles. The molecule has 0 saturated carbocycles. The molecule has 118 valence electrons. The average Bonchev–Trinajstić information content (AvgIpc) is 2.80. The Bertz CT molecular complexity index is 670. The predicted molar refractivity (Wildman–Crippen MR) is 97.0 cm³/mol. The van der Waals surface area contributed by atoms with Crippen LogP contribution >= 0.6 is 35.4 Å². The highest BCUT2D eigenvalue weighted by atomic mass is 35.5. The number of anilines is 1. The standard InChI is InChI=1S/C15H18Cl2N4S/c1-10-12(16)5-3-6-14(10)20-15(22)18-7-4-8-21-11(2)13(17)9-19-21/h3,5-6,9H,4,7-8H2,1-2H3,(H2,18,20,22). The van der Waals surface area contributed by atoms with Crippen molar-refractivity contribution in [3.05, 3.63) is 45.7 Å². The van der Waals surface area contributed by atoms with Gasteiger partial charge in [0.1, 0.15) is 0 Å². The van der Waals surface area contributed by atoms with Crippen molar-refractivity contribution < 1.29 is 0 Å². The van der Waals surface area contributed by atoms with E-state index in [1.807, 2.05) is 36.7 Å². The van der Waals surface area contributed by atoms with Crippen molar-refractivity contribution in [2.75, 3.05) is 11.9 Å². The summed E-state index contributed by atoms with van der Waals surface area (Å²) in [6.07, 6.45) is 2.56.